The van der Waals surface area contributed by atoms with Crippen molar-refractivity contribution in [3.63, 3.8) is 0 Å². The monoisotopic (exact) mass is 266 g/mol. The molecule has 0 fully saturated rings. The zero-order chi connectivity index (χ0) is 10.8. The summed E-state index contributed by atoms with van der Waals surface area (Å²) in [4.78, 5) is 4.29. The Morgan fingerprint density at radius 2 is 2.40 bits per heavy atom. The number of fused-ring (bicyclic) bond motifs is 1. The largest absolute Gasteiger partial charge is 0.392 e. The Morgan fingerprint density at radius 3 is 3.07 bits per heavy atom. The molecule has 0 atom stereocenters. The molecule has 2 rings (SSSR count). The summed E-state index contributed by atoms with van der Waals surface area (Å²) in [5.41, 5.74) is 1.77. The van der Waals surface area contributed by atoms with Crippen molar-refractivity contribution in [3.05, 3.63) is 41.2 Å². The van der Waals surface area contributed by atoms with Gasteiger partial charge in [0.05, 0.1) is 13.2 Å². The standard InChI is InChI=1S/C11H11BrN2O/c1-8(12)5-14-6-9(7-15)10-3-2-4-13-11(10)14/h2-4,6,15H,1,5,7H2. The molecule has 0 aliphatic rings. The van der Waals surface area contributed by atoms with Crippen molar-refractivity contribution in [1.82, 2.24) is 9.55 Å². The quantitative estimate of drug-likeness (QED) is 0.927. The number of aliphatic hydroxyl groups is 1. The van der Waals surface area contributed by atoms with E-state index in [-0.39, 0.29) is 6.61 Å². The minimum Gasteiger partial charge on any atom is -0.392 e. The van der Waals surface area contributed by atoms with Crippen LogP contribution in [-0.2, 0) is 13.2 Å². The zero-order valence-corrected chi connectivity index (χ0v) is 9.74. The van der Waals surface area contributed by atoms with E-state index in [0.717, 1.165) is 21.1 Å². The molecular weight excluding hydrogens is 256 g/mol. The van der Waals surface area contributed by atoms with E-state index in [1.54, 1.807) is 6.20 Å². The predicted molar refractivity (Wildman–Crippen MR) is 63.7 cm³/mol. The Bertz CT molecular complexity index is 504. The first-order chi connectivity index (χ1) is 7.22. The van der Waals surface area contributed by atoms with E-state index in [4.69, 9.17) is 0 Å². The minimum atomic E-state index is 0.0317. The van der Waals surface area contributed by atoms with E-state index in [2.05, 4.69) is 27.5 Å². The summed E-state index contributed by atoms with van der Waals surface area (Å²) >= 11 is 3.32. The van der Waals surface area contributed by atoms with Crippen LogP contribution in [0.25, 0.3) is 11.0 Å². The summed E-state index contributed by atoms with van der Waals surface area (Å²) in [6, 6.07) is 3.83. The Balaban J connectivity index is 2.59. The number of halogens is 1. The van der Waals surface area contributed by atoms with E-state index in [0.29, 0.717) is 6.54 Å². The van der Waals surface area contributed by atoms with Crippen LogP contribution in [0.2, 0.25) is 0 Å². The third kappa shape index (κ3) is 1.96. The fourth-order valence-electron chi connectivity index (χ4n) is 1.63. The second kappa shape index (κ2) is 4.16. The Hall–Kier alpha value is -1.13. The maximum absolute atomic E-state index is 9.21. The van der Waals surface area contributed by atoms with Crippen molar-refractivity contribution in [1.29, 1.82) is 0 Å². The van der Waals surface area contributed by atoms with Crippen molar-refractivity contribution in [2.75, 3.05) is 0 Å². The molecule has 2 aromatic rings. The molecular formula is C11H11BrN2O. The highest BCUT2D eigenvalue weighted by atomic mass is 79.9. The lowest BCUT2D eigenvalue weighted by molar-refractivity contribution is 0.283. The van der Waals surface area contributed by atoms with Gasteiger partial charge in [-0.05, 0) is 12.1 Å². The van der Waals surface area contributed by atoms with Gasteiger partial charge >= 0.3 is 0 Å². The van der Waals surface area contributed by atoms with Crippen LogP contribution >= 0.6 is 15.9 Å². The first-order valence-corrected chi connectivity index (χ1v) is 5.38. The van der Waals surface area contributed by atoms with Crippen molar-refractivity contribution in [3.8, 4) is 0 Å². The highest BCUT2D eigenvalue weighted by Gasteiger charge is 2.08. The summed E-state index contributed by atoms with van der Waals surface area (Å²) in [6.07, 6.45) is 3.65. The third-order valence-electron chi connectivity index (χ3n) is 2.23. The van der Waals surface area contributed by atoms with Gasteiger partial charge in [-0.2, -0.15) is 0 Å². The first-order valence-electron chi connectivity index (χ1n) is 4.59. The Kier molecular flexibility index (Phi) is 2.88. The number of rotatable bonds is 3. The van der Waals surface area contributed by atoms with Gasteiger partial charge in [0.2, 0.25) is 0 Å². The molecule has 2 aromatic heterocycles. The molecule has 0 bridgehead atoms. The predicted octanol–water partition coefficient (Wildman–Crippen LogP) is 2.44. The lowest BCUT2D eigenvalue weighted by Crippen LogP contribution is -1.96. The highest BCUT2D eigenvalue weighted by Crippen LogP contribution is 2.20. The average molecular weight is 267 g/mol. The van der Waals surface area contributed by atoms with Crippen molar-refractivity contribution in [2.24, 2.45) is 0 Å². The normalized spacial score (nSPS) is 10.8. The maximum Gasteiger partial charge on any atom is 0.140 e. The van der Waals surface area contributed by atoms with Crippen molar-refractivity contribution < 1.29 is 5.11 Å². The average Bonchev–Trinajstić information content (AvgIpc) is 2.56. The zero-order valence-electron chi connectivity index (χ0n) is 8.15. The molecule has 0 amide bonds. The Morgan fingerprint density at radius 1 is 1.60 bits per heavy atom. The van der Waals surface area contributed by atoms with Gasteiger partial charge in [-0.1, -0.05) is 22.5 Å². The molecule has 0 aromatic carbocycles. The third-order valence-corrected chi connectivity index (χ3v) is 2.48. The Labute approximate surface area is 96.2 Å². The maximum atomic E-state index is 9.21. The molecule has 2 heterocycles. The second-order valence-electron chi connectivity index (χ2n) is 3.33. The van der Waals surface area contributed by atoms with E-state index >= 15 is 0 Å². The molecule has 15 heavy (non-hydrogen) atoms. The summed E-state index contributed by atoms with van der Waals surface area (Å²) in [7, 11) is 0. The molecule has 0 radical (unpaired) electrons. The van der Waals surface area contributed by atoms with Crippen LogP contribution in [0.3, 0.4) is 0 Å². The lowest BCUT2D eigenvalue weighted by atomic mass is 10.2. The summed E-state index contributed by atoms with van der Waals surface area (Å²) in [6.45, 7) is 4.49. The summed E-state index contributed by atoms with van der Waals surface area (Å²) in [5, 5.41) is 10.2. The fourth-order valence-corrected chi connectivity index (χ4v) is 1.90. The van der Waals surface area contributed by atoms with Gasteiger partial charge in [0.1, 0.15) is 5.65 Å². The van der Waals surface area contributed by atoms with E-state index in [1.165, 1.54) is 0 Å². The lowest BCUT2D eigenvalue weighted by Gasteiger charge is -2.01. The SMILES string of the molecule is C=C(Br)Cn1cc(CO)c2cccnc21. The molecule has 0 saturated heterocycles. The summed E-state index contributed by atoms with van der Waals surface area (Å²) in [5.74, 6) is 0. The van der Waals surface area contributed by atoms with Crippen molar-refractivity contribution in [2.45, 2.75) is 13.2 Å². The van der Waals surface area contributed by atoms with Crippen LogP contribution in [0.1, 0.15) is 5.56 Å². The topological polar surface area (TPSA) is 38.0 Å². The molecule has 0 aliphatic carbocycles. The number of aliphatic hydroxyl groups excluding tert-OH is 1. The molecule has 1 N–H and O–H groups in total. The molecule has 0 aliphatic heterocycles. The van der Waals surface area contributed by atoms with Gasteiger partial charge in [0.25, 0.3) is 0 Å². The number of hydrogen-bond donors (Lipinski definition) is 1. The van der Waals surface area contributed by atoms with Gasteiger partial charge in [0, 0.05) is 27.8 Å². The van der Waals surface area contributed by atoms with Gasteiger partial charge < -0.3 is 9.67 Å². The van der Waals surface area contributed by atoms with E-state index in [1.807, 2.05) is 22.9 Å². The van der Waals surface area contributed by atoms with Crippen LogP contribution in [0.15, 0.2) is 35.6 Å². The number of pyridine rings is 1. The smallest absolute Gasteiger partial charge is 0.140 e. The number of allylic oxidation sites excluding steroid dienone is 1. The van der Waals surface area contributed by atoms with Crippen LogP contribution in [-0.4, -0.2) is 14.7 Å². The van der Waals surface area contributed by atoms with Crippen LogP contribution < -0.4 is 0 Å². The number of nitrogens with zero attached hydrogens (tertiary/aromatic N) is 2. The van der Waals surface area contributed by atoms with Gasteiger partial charge in [0.15, 0.2) is 0 Å². The molecule has 4 heteroatoms. The van der Waals surface area contributed by atoms with Crippen molar-refractivity contribution >= 4 is 27.0 Å². The summed E-state index contributed by atoms with van der Waals surface area (Å²) < 4.78 is 2.85. The second-order valence-corrected chi connectivity index (χ2v) is 4.45. The number of aromatic nitrogens is 2. The van der Waals surface area contributed by atoms with Crippen LogP contribution in [0.4, 0.5) is 0 Å². The van der Waals surface area contributed by atoms with Gasteiger partial charge in [-0.15, -0.1) is 0 Å². The van der Waals surface area contributed by atoms with Gasteiger partial charge in [-0.25, -0.2) is 4.98 Å². The minimum absolute atomic E-state index is 0.0317. The molecule has 0 saturated carbocycles. The van der Waals surface area contributed by atoms with Crippen LogP contribution in [0, 0.1) is 0 Å². The first kappa shape index (κ1) is 10.4. The van der Waals surface area contributed by atoms with Gasteiger partial charge in [-0.3, -0.25) is 0 Å². The van der Waals surface area contributed by atoms with E-state index in [9.17, 15) is 5.11 Å². The van der Waals surface area contributed by atoms with E-state index < -0.39 is 0 Å². The fraction of sp³-hybridized carbons (Fsp3) is 0.182. The molecule has 78 valence electrons. The molecule has 0 unspecified atom stereocenters. The molecule has 3 nitrogen and oxygen atoms in total. The van der Waals surface area contributed by atoms with Crippen LogP contribution in [0.5, 0.6) is 0 Å². The number of hydrogen-bond acceptors (Lipinski definition) is 2. The highest BCUT2D eigenvalue weighted by molar-refractivity contribution is 9.11. The molecule has 0 spiro atoms.